The highest BCUT2D eigenvalue weighted by atomic mass is 16.5. The molecule has 17 heavy (non-hydrogen) atoms. The zero-order valence-corrected chi connectivity index (χ0v) is 10.2. The maximum atomic E-state index is 5.37. The lowest BCUT2D eigenvalue weighted by Gasteiger charge is -2.28. The van der Waals surface area contributed by atoms with Gasteiger partial charge in [-0.15, -0.1) is 0 Å². The highest BCUT2D eigenvalue weighted by Crippen LogP contribution is 2.19. The molecule has 0 saturated carbocycles. The van der Waals surface area contributed by atoms with E-state index < -0.39 is 0 Å². The first-order valence-corrected chi connectivity index (χ1v) is 5.90. The van der Waals surface area contributed by atoms with Gasteiger partial charge in [0, 0.05) is 24.5 Å². The summed E-state index contributed by atoms with van der Waals surface area (Å²) in [5.74, 6) is 1.90. The molecule has 1 aliphatic rings. The predicted molar refractivity (Wildman–Crippen MR) is 65.5 cm³/mol. The van der Waals surface area contributed by atoms with Crippen LogP contribution >= 0.6 is 0 Å². The van der Waals surface area contributed by atoms with Crippen LogP contribution in [0.15, 0.2) is 12.3 Å². The second kappa shape index (κ2) is 4.00. The number of hydrogen-bond donors (Lipinski definition) is 0. The van der Waals surface area contributed by atoms with Gasteiger partial charge in [-0.05, 0) is 19.9 Å². The van der Waals surface area contributed by atoms with E-state index in [1.807, 2.05) is 13.1 Å². The first-order chi connectivity index (χ1) is 8.25. The Morgan fingerprint density at radius 3 is 2.76 bits per heavy atom. The van der Waals surface area contributed by atoms with Gasteiger partial charge < -0.3 is 9.64 Å². The number of anilines is 1. The fourth-order valence-corrected chi connectivity index (χ4v) is 2.32. The predicted octanol–water partition coefficient (Wildman–Crippen LogP) is 1.18. The molecule has 0 aliphatic carbocycles. The van der Waals surface area contributed by atoms with E-state index in [2.05, 4.69) is 32.3 Å². The highest BCUT2D eigenvalue weighted by molar-refractivity contribution is 5.50. The molecule has 0 amide bonds. The summed E-state index contributed by atoms with van der Waals surface area (Å²) >= 11 is 0. The fourth-order valence-electron chi connectivity index (χ4n) is 2.32. The summed E-state index contributed by atoms with van der Waals surface area (Å²) in [7, 11) is 0. The number of fused-ring (bicyclic) bond motifs is 1. The molecule has 0 aromatic carbocycles. The van der Waals surface area contributed by atoms with Crippen LogP contribution in [-0.2, 0) is 4.74 Å². The van der Waals surface area contributed by atoms with Crippen molar-refractivity contribution < 1.29 is 4.74 Å². The Bertz CT molecular complexity index is 543. The fraction of sp³-hybridized carbons (Fsp3) is 0.500. The Balaban J connectivity index is 2.10. The van der Waals surface area contributed by atoms with Gasteiger partial charge >= 0.3 is 0 Å². The van der Waals surface area contributed by atoms with Gasteiger partial charge in [-0.3, -0.25) is 4.40 Å². The van der Waals surface area contributed by atoms with Crippen molar-refractivity contribution in [3.05, 3.63) is 23.7 Å². The van der Waals surface area contributed by atoms with Gasteiger partial charge in [0.1, 0.15) is 5.82 Å². The van der Waals surface area contributed by atoms with Crippen LogP contribution in [-0.4, -0.2) is 40.7 Å². The van der Waals surface area contributed by atoms with Crippen LogP contribution in [0.2, 0.25) is 0 Å². The van der Waals surface area contributed by atoms with Crippen LogP contribution in [0.25, 0.3) is 5.78 Å². The molecule has 0 N–H and O–H groups in total. The lowest BCUT2D eigenvalue weighted by atomic mass is 10.3. The Morgan fingerprint density at radius 2 is 2.00 bits per heavy atom. The zero-order chi connectivity index (χ0) is 11.8. The molecule has 0 radical (unpaired) electrons. The largest absolute Gasteiger partial charge is 0.378 e. The van der Waals surface area contributed by atoms with Crippen molar-refractivity contribution in [3.8, 4) is 0 Å². The molecule has 5 heteroatoms. The number of ether oxygens (including phenoxy) is 1. The van der Waals surface area contributed by atoms with Crippen LogP contribution in [0.4, 0.5) is 5.82 Å². The highest BCUT2D eigenvalue weighted by Gasteiger charge is 2.16. The third kappa shape index (κ3) is 1.76. The van der Waals surface area contributed by atoms with Gasteiger partial charge in [0.2, 0.25) is 5.78 Å². The lowest BCUT2D eigenvalue weighted by molar-refractivity contribution is 0.122. The molecule has 90 valence electrons. The van der Waals surface area contributed by atoms with E-state index in [0.717, 1.165) is 43.6 Å². The topological polar surface area (TPSA) is 42.7 Å². The average Bonchev–Trinajstić information content (AvgIpc) is 2.74. The van der Waals surface area contributed by atoms with Gasteiger partial charge in [-0.2, -0.15) is 0 Å². The quantitative estimate of drug-likeness (QED) is 0.740. The van der Waals surface area contributed by atoms with Crippen molar-refractivity contribution in [1.29, 1.82) is 0 Å². The Morgan fingerprint density at radius 1 is 1.24 bits per heavy atom. The first-order valence-electron chi connectivity index (χ1n) is 5.90. The van der Waals surface area contributed by atoms with E-state index in [1.165, 1.54) is 5.69 Å². The third-order valence-electron chi connectivity index (χ3n) is 3.11. The number of aromatic nitrogens is 3. The van der Waals surface area contributed by atoms with Gasteiger partial charge in [-0.1, -0.05) is 0 Å². The molecule has 1 saturated heterocycles. The smallest absolute Gasteiger partial charge is 0.235 e. The Hall–Kier alpha value is -1.62. The average molecular weight is 232 g/mol. The number of rotatable bonds is 1. The van der Waals surface area contributed by atoms with Gasteiger partial charge in [0.25, 0.3) is 0 Å². The molecule has 0 atom stereocenters. The van der Waals surface area contributed by atoms with Gasteiger partial charge in [0.15, 0.2) is 0 Å². The summed E-state index contributed by atoms with van der Waals surface area (Å²) in [5, 5.41) is 0. The second-order valence-electron chi connectivity index (χ2n) is 4.39. The van der Waals surface area contributed by atoms with E-state index >= 15 is 0 Å². The zero-order valence-electron chi connectivity index (χ0n) is 10.2. The maximum absolute atomic E-state index is 5.37. The SMILES string of the molecule is Cc1cc(C)n2c(N3CCOCC3)cnc2n1. The third-order valence-corrected chi connectivity index (χ3v) is 3.11. The van der Waals surface area contributed by atoms with E-state index in [4.69, 9.17) is 4.74 Å². The maximum Gasteiger partial charge on any atom is 0.235 e. The molecule has 0 spiro atoms. The summed E-state index contributed by atoms with van der Waals surface area (Å²) in [6, 6.07) is 2.08. The normalized spacial score (nSPS) is 16.7. The number of aryl methyl sites for hydroxylation is 2. The minimum atomic E-state index is 0.781. The van der Waals surface area contributed by atoms with E-state index in [1.54, 1.807) is 0 Å². The second-order valence-corrected chi connectivity index (χ2v) is 4.39. The summed E-state index contributed by atoms with van der Waals surface area (Å²) < 4.78 is 7.48. The Kier molecular flexibility index (Phi) is 2.48. The van der Waals surface area contributed by atoms with Crippen molar-refractivity contribution in [3.63, 3.8) is 0 Å². The molecule has 1 fully saturated rings. The summed E-state index contributed by atoms with van der Waals surface area (Å²) in [6.07, 6.45) is 1.90. The van der Waals surface area contributed by atoms with Gasteiger partial charge in [-0.25, -0.2) is 9.97 Å². The van der Waals surface area contributed by atoms with Crippen molar-refractivity contribution in [2.45, 2.75) is 13.8 Å². The monoisotopic (exact) mass is 232 g/mol. The molecule has 0 unspecified atom stereocenters. The van der Waals surface area contributed by atoms with E-state index in [-0.39, 0.29) is 0 Å². The van der Waals surface area contributed by atoms with Crippen LogP contribution < -0.4 is 4.90 Å². The molecule has 3 heterocycles. The van der Waals surface area contributed by atoms with Crippen molar-refractivity contribution in [2.75, 3.05) is 31.2 Å². The van der Waals surface area contributed by atoms with Crippen LogP contribution in [0, 0.1) is 13.8 Å². The lowest BCUT2D eigenvalue weighted by Crippen LogP contribution is -2.37. The van der Waals surface area contributed by atoms with Crippen molar-refractivity contribution in [2.24, 2.45) is 0 Å². The molecule has 3 rings (SSSR count). The summed E-state index contributed by atoms with van der Waals surface area (Å²) in [6.45, 7) is 7.49. The van der Waals surface area contributed by atoms with E-state index in [0.29, 0.717) is 0 Å². The molecular formula is C12H16N4O. The van der Waals surface area contributed by atoms with Crippen molar-refractivity contribution in [1.82, 2.24) is 14.4 Å². The van der Waals surface area contributed by atoms with Crippen LogP contribution in [0.5, 0.6) is 0 Å². The van der Waals surface area contributed by atoms with Gasteiger partial charge in [0.05, 0.1) is 19.4 Å². The summed E-state index contributed by atoms with van der Waals surface area (Å²) in [5.41, 5.74) is 2.18. The summed E-state index contributed by atoms with van der Waals surface area (Å²) in [4.78, 5) is 11.1. The van der Waals surface area contributed by atoms with Crippen molar-refractivity contribution >= 4 is 11.6 Å². The standard InChI is InChI=1S/C12H16N4O/c1-9-7-10(2)16-11(8-13-12(16)14-9)15-3-5-17-6-4-15/h7-8H,3-6H2,1-2H3. The number of morpholine rings is 1. The first kappa shape index (κ1) is 10.5. The molecular weight excluding hydrogens is 216 g/mol. The van der Waals surface area contributed by atoms with Crippen LogP contribution in [0.1, 0.15) is 11.4 Å². The Labute approximate surface area is 100 Å². The van der Waals surface area contributed by atoms with E-state index in [9.17, 15) is 0 Å². The molecule has 5 nitrogen and oxygen atoms in total. The minimum absolute atomic E-state index is 0.781. The van der Waals surface area contributed by atoms with Crippen LogP contribution in [0.3, 0.4) is 0 Å². The number of nitrogens with zero attached hydrogens (tertiary/aromatic N) is 4. The number of hydrogen-bond acceptors (Lipinski definition) is 4. The molecule has 1 aliphatic heterocycles. The number of imidazole rings is 1. The molecule has 2 aromatic rings. The minimum Gasteiger partial charge on any atom is -0.378 e. The molecule has 2 aromatic heterocycles. The molecule has 0 bridgehead atoms.